The van der Waals surface area contributed by atoms with E-state index in [9.17, 15) is 8.42 Å². The van der Waals surface area contributed by atoms with Gasteiger partial charge in [-0.25, -0.2) is 8.42 Å². The van der Waals surface area contributed by atoms with E-state index >= 15 is 0 Å². The van der Waals surface area contributed by atoms with Crippen molar-refractivity contribution in [2.45, 2.75) is 11.9 Å². The molecule has 2 aromatic carbocycles. The van der Waals surface area contributed by atoms with Crippen LogP contribution < -0.4 is 9.04 Å². The Kier molecular flexibility index (Phi) is 5.12. The highest BCUT2D eigenvalue weighted by Gasteiger charge is 2.25. The summed E-state index contributed by atoms with van der Waals surface area (Å²) in [6, 6.07) is 14.4. The van der Waals surface area contributed by atoms with Gasteiger partial charge in [-0.3, -0.25) is 4.31 Å². The molecule has 2 aromatic rings. The Balaban J connectivity index is 1.77. The van der Waals surface area contributed by atoms with Crippen molar-refractivity contribution in [2.24, 2.45) is 0 Å². The molecule has 7 heteroatoms. The number of ether oxygens (including phenoxy) is 2. The van der Waals surface area contributed by atoms with Gasteiger partial charge < -0.3 is 9.47 Å². The number of nitrogens with zero attached hydrogens (tertiary/aromatic N) is 1. The molecule has 0 aromatic heterocycles. The molecular formula is C17H18BrNO4S. The van der Waals surface area contributed by atoms with Crippen LogP contribution in [0.25, 0.3) is 0 Å². The lowest BCUT2D eigenvalue weighted by Crippen LogP contribution is -2.28. The summed E-state index contributed by atoms with van der Waals surface area (Å²) in [5.41, 5.74) is 1.29. The van der Waals surface area contributed by atoms with Gasteiger partial charge in [-0.2, -0.15) is 0 Å². The number of rotatable bonds is 7. The van der Waals surface area contributed by atoms with Gasteiger partial charge in [0.2, 0.25) is 10.0 Å². The van der Waals surface area contributed by atoms with Crippen LogP contribution in [-0.2, 0) is 20.5 Å². The zero-order valence-electron chi connectivity index (χ0n) is 13.2. The lowest BCUT2D eigenvalue weighted by atomic mass is 10.2. The van der Waals surface area contributed by atoms with Crippen molar-refractivity contribution in [3.63, 3.8) is 0 Å². The second kappa shape index (κ2) is 7.13. The van der Waals surface area contributed by atoms with E-state index in [-0.39, 0.29) is 11.9 Å². The maximum absolute atomic E-state index is 12.7. The predicted octanol–water partition coefficient (Wildman–Crippen LogP) is 3.19. The molecule has 1 aliphatic rings. The number of hydrogen-bond acceptors (Lipinski definition) is 4. The molecule has 0 aliphatic carbocycles. The smallest absolute Gasteiger partial charge is 0.239 e. The Morgan fingerprint density at radius 2 is 1.92 bits per heavy atom. The summed E-state index contributed by atoms with van der Waals surface area (Å²) in [6.07, 6.45) is 0.147. The number of sulfonamides is 1. The molecule has 0 N–H and O–H groups in total. The number of benzene rings is 2. The van der Waals surface area contributed by atoms with Crippen molar-refractivity contribution in [3.05, 3.63) is 58.6 Å². The summed E-state index contributed by atoms with van der Waals surface area (Å²) >= 11 is 3.46. The Hall–Kier alpha value is -1.57. The second-order valence-electron chi connectivity index (χ2n) is 5.55. The zero-order chi connectivity index (χ0) is 17.2. The summed E-state index contributed by atoms with van der Waals surface area (Å²) in [7, 11) is -1.94. The molecule has 0 amide bonds. The maximum atomic E-state index is 12.7. The lowest BCUT2D eigenvalue weighted by molar-refractivity contribution is 0.261. The molecule has 5 nitrogen and oxygen atoms in total. The fourth-order valence-corrected chi connectivity index (χ4v) is 4.19. The van der Waals surface area contributed by atoms with Crippen LogP contribution in [-0.4, -0.2) is 34.8 Å². The molecule has 24 heavy (non-hydrogen) atoms. The minimum Gasteiger partial charge on any atom is -0.490 e. The Morgan fingerprint density at radius 1 is 1.21 bits per heavy atom. The average molecular weight is 412 g/mol. The van der Waals surface area contributed by atoms with Crippen LogP contribution in [0.4, 0.5) is 5.69 Å². The summed E-state index contributed by atoms with van der Waals surface area (Å²) in [5, 5.41) is 0. The third-order valence-corrected chi connectivity index (χ3v) is 6.37. The highest BCUT2D eigenvalue weighted by molar-refractivity contribution is 9.10. The molecule has 0 spiro atoms. The summed E-state index contributed by atoms with van der Waals surface area (Å²) in [6.45, 7) is 1.19. The number of epoxide rings is 1. The largest absolute Gasteiger partial charge is 0.490 e. The molecule has 128 valence electrons. The molecule has 1 fully saturated rings. The average Bonchev–Trinajstić information content (AvgIpc) is 3.40. The standard InChI is InChI=1S/C17H18BrNO4S/c1-19(14-7-3-2-4-8-14)24(20,21)12-13-6-5-9-16(17(13)18)23-11-15-10-22-15/h2-9,15H,10-12H2,1H3. The van der Waals surface area contributed by atoms with Crippen molar-refractivity contribution in [2.75, 3.05) is 24.6 Å². The molecule has 1 unspecified atom stereocenters. The van der Waals surface area contributed by atoms with Crippen molar-refractivity contribution in [3.8, 4) is 5.75 Å². The van der Waals surface area contributed by atoms with Gasteiger partial charge in [-0.1, -0.05) is 30.3 Å². The first-order valence-corrected chi connectivity index (χ1v) is 9.91. The first-order chi connectivity index (χ1) is 11.5. The SMILES string of the molecule is CN(c1ccccc1)S(=O)(=O)Cc1cccc(OCC2CO2)c1Br. The minimum absolute atomic E-state index is 0.115. The first kappa shape index (κ1) is 17.3. The highest BCUT2D eigenvalue weighted by Crippen LogP contribution is 2.31. The Bertz CT molecular complexity index is 807. The fraction of sp³-hybridized carbons (Fsp3) is 0.294. The van der Waals surface area contributed by atoms with E-state index in [4.69, 9.17) is 9.47 Å². The number of para-hydroxylation sites is 1. The molecule has 1 aliphatic heterocycles. The molecular weight excluding hydrogens is 394 g/mol. The van der Waals surface area contributed by atoms with E-state index in [1.165, 1.54) is 4.31 Å². The Morgan fingerprint density at radius 3 is 2.58 bits per heavy atom. The number of anilines is 1. The van der Waals surface area contributed by atoms with Crippen LogP contribution in [0, 0.1) is 0 Å². The van der Waals surface area contributed by atoms with Gasteiger partial charge in [0.1, 0.15) is 18.5 Å². The van der Waals surface area contributed by atoms with E-state index in [0.29, 0.717) is 34.7 Å². The fourth-order valence-electron chi connectivity index (χ4n) is 2.22. The molecule has 0 bridgehead atoms. The van der Waals surface area contributed by atoms with E-state index in [0.717, 1.165) is 0 Å². The van der Waals surface area contributed by atoms with Crippen LogP contribution in [0.3, 0.4) is 0 Å². The highest BCUT2D eigenvalue weighted by atomic mass is 79.9. The van der Waals surface area contributed by atoms with Crippen LogP contribution in [0.15, 0.2) is 53.0 Å². The van der Waals surface area contributed by atoms with Gasteiger partial charge in [-0.05, 0) is 39.7 Å². The van der Waals surface area contributed by atoms with Crippen LogP contribution >= 0.6 is 15.9 Å². The summed E-state index contributed by atoms with van der Waals surface area (Å²) in [4.78, 5) is 0. The summed E-state index contributed by atoms with van der Waals surface area (Å²) in [5.74, 6) is 0.511. The predicted molar refractivity (Wildman–Crippen MR) is 96.8 cm³/mol. The summed E-state index contributed by atoms with van der Waals surface area (Å²) < 4.78 is 38.1. The van der Waals surface area contributed by atoms with Gasteiger partial charge in [0.05, 0.1) is 22.5 Å². The third-order valence-electron chi connectivity index (χ3n) is 3.75. The molecule has 1 atom stereocenters. The molecule has 0 radical (unpaired) electrons. The van der Waals surface area contributed by atoms with Crippen LogP contribution in [0.1, 0.15) is 5.56 Å². The van der Waals surface area contributed by atoms with Gasteiger partial charge >= 0.3 is 0 Å². The van der Waals surface area contributed by atoms with Gasteiger partial charge in [-0.15, -0.1) is 0 Å². The van der Waals surface area contributed by atoms with Crippen molar-refractivity contribution in [1.82, 2.24) is 0 Å². The van der Waals surface area contributed by atoms with Gasteiger partial charge in [0.25, 0.3) is 0 Å². The van der Waals surface area contributed by atoms with Crippen molar-refractivity contribution < 1.29 is 17.9 Å². The van der Waals surface area contributed by atoms with Crippen LogP contribution in [0.5, 0.6) is 5.75 Å². The van der Waals surface area contributed by atoms with E-state index < -0.39 is 10.0 Å². The number of hydrogen-bond donors (Lipinski definition) is 0. The topological polar surface area (TPSA) is 59.1 Å². The van der Waals surface area contributed by atoms with Crippen molar-refractivity contribution >= 4 is 31.6 Å². The normalized spacial score (nSPS) is 16.7. The van der Waals surface area contributed by atoms with E-state index in [2.05, 4.69) is 15.9 Å². The molecule has 0 saturated carbocycles. The van der Waals surface area contributed by atoms with E-state index in [1.807, 2.05) is 24.3 Å². The maximum Gasteiger partial charge on any atom is 0.239 e. The molecule has 1 heterocycles. The Labute approximate surface area is 150 Å². The molecule has 1 saturated heterocycles. The monoisotopic (exact) mass is 411 g/mol. The van der Waals surface area contributed by atoms with Crippen LogP contribution in [0.2, 0.25) is 0 Å². The number of halogens is 1. The zero-order valence-corrected chi connectivity index (χ0v) is 15.6. The first-order valence-electron chi connectivity index (χ1n) is 7.51. The minimum atomic E-state index is -3.50. The van der Waals surface area contributed by atoms with Gasteiger partial charge in [0, 0.05) is 7.05 Å². The van der Waals surface area contributed by atoms with Gasteiger partial charge in [0.15, 0.2) is 0 Å². The lowest BCUT2D eigenvalue weighted by Gasteiger charge is -2.20. The van der Waals surface area contributed by atoms with E-state index in [1.54, 1.807) is 31.3 Å². The second-order valence-corrected chi connectivity index (χ2v) is 8.35. The van der Waals surface area contributed by atoms with Crippen molar-refractivity contribution in [1.29, 1.82) is 0 Å². The quantitative estimate of drug-likeness (QED) is 0.656. The molecule has 3 rings (SSSR count). The third kappa shape index (κ3) is 4.09.